The molecule has 1 aliphatic carbocycles. The first-order chi connectivity index (χ1) is 18.0. The Labute approximate surface area is 225 Å². The Morgan fingerprint density at radius 3 is 2.32 bits per heavy atom. The second-order valence-electron chi connectivity index (χ2n) is 11.0. The standard InChI is InChI=1S/C30H41N3O5/c1-6-20(2)25(32-29(37)38-30(3,4)5)28(36)33(23-15-11-16-23)26(22-14-10-17-24(34)18-22)27(35)31-19-21-12-8-7-9-13-21/h7-10,12-14,17-18,20,23,25-26,34H,6,11,15-16,19H2,1-5H3,(H,31,35)(H,32,37). The molecular formula is C30H41N3O5. The fourth-order valence-corrected chi connectivity index (χ4v) is 4.48. The van der Waals surface area contributed by atoms with Crippen molar-refractivity contribution in [2.75, 3.05) is 0 Å². The summed E-state index contributed by atoms with van der Waals surface area (Å²) in [5.74, 6) is -0.873. The first-order valence-corrected chi connectivity index (χ1v) is 13.4. The van der Waals surface area contributed by atoms with Crippen molar-refractivity contribution in [1.29, 1.82) is 0 Å². The molecule has 1 saturated carbocycles. The molecule has 0 aromatic heterocycles. The van der Waals surface area contributed by atoms with Gasteiger partial charge in [-0.15, -0.1) is 0 Å². The summed E-state index contributed by atoms with van der Waals surface area (Å²) >= 11 is 0. The van der Waals surface area contributed by atoms with Crippen molar-refractivity contribution in [1.82, 2.24) is 15.5 Å². The van der Waals surface area contributed by atoms with Crippen LogP contribution in [-0.4, -0.2) is 45.6 Å². The molecule has 0 bridgehead atoms. The van der Waals surface area contributed by atoms with Gasteiger partial charge >= 0.3 is 6.09 Å². The van der Waals surface area contributed by atoms with Crippen LogP contribution < -0.4 is 10.6 Å². The van der Waals surface area contributed by atoms with Crippen LogP contribution in [0.1, 0.15) is 77.5 Å². The highest BCUT2D eigenvalue weighted by molar-refractivity contribution is 5.92. The molecule has 3 unspecified atom stereocenters. The SMILES string of the molecule is CCC(C)C(NC(=O)OC(C)(C)C)C(=O)N(C1CCC1)C(C(=O)NCc1ccccc1)c1cccc(O)c1. The molecule has 1 aliphatic rings. The van der Waals surface area contributed by atoms with Gasteiger partial charge in [-0.1, -0.05) is 62.7 Å². The van der Waals surface area contributed by atoms with Gasteiger partial charge in [-0.25, -0.2) is 4.79 Å². The van der Waals surface area contributed by atoms with E-state index in [-0.39, 0.29) is 29.5 Å². The van der Waals surface area contributed by atoms with Gasteiger partial charge < -0.3 is 25.4 Å². The van der Waals surface area contributed by atoms with E-state index in [9.17, 15) is 19.5 Å². The minimum absolute atomic E-state index is 0.00900. The number of ether oxygens (including phenoxy) is 1. The lowest BCUT2D eigenvalue weighted by Gasteiger charge is -2.44. The largest absolute Gasteiger partial charge is 0.508 e. The van der Waals surface area contributed by atoms with Crippen LogP contribution in [0.25, 0.3) is 0 Å². The maximum absolute atomic E-state index is 14.3. The van der Waals surface area contributed by atoms with Crippen LogP contribution in [-0.2, 0) is 20.9 Å². The lowest BCUT2D eigenvalue weighted by molar-refractivity contribution is -0.148. The zero-order chi connectivity index (χ0) is 27.9. The average Bonchev–Trinajstić information content (AvgIpc) is 2.83. The molecule has 0 saturated heterocycles. The first-order valence-electron chi connectivity index (χ1n) is 13.4. The molecule has 8 heteroatoms. The summed E-state index contributed by atoms with van der Waals surface area (Å²) < 4.78 is 5.46. The van der Waals surface area contributed by atoms with Crippen molar-refractivity contribution in [3.05, 3.63) is 65.7 Å². The quantitative estimate of drug-likeness (QED) is 0.403. The number of benzene rings is 2. The number of phenols is 1. The Morgan fingerprint density at radius 1 is 1.08 bits per heavy atom. The number of rotatable bonds is 10. The molecule has 3 rings (SSSR count). The van der Waals surface area contributed by atoms with Gasteiger partial charge in [-0.2, -0.15) is 0 Å². The molecule has 0 spiro atoms. The van der Waals surface area contributed by atoms with Crippen LogP contribution in [0.5, 0.6) is 5.75 Å². The summed E-state index contributed by atoms with van der Waals surface area (Å²) in [4.78, 5) is 42.4. The molecule has 0 radical (unpaired) electrons. The van der Waals surface area contributed by atoms with E-state index in [0.717, 1.165) is 24.8 Å². The lowest BCUT2D eigenvalue weighted by Crippen LogP contribution is -2.59. The van der Waals surface area contributed by atoms with E-state index in [1.807, 2.05) is 44.2 Å². The number of hydrogen-bond donors (Lipinski definition) is 3. The third-order valence-electron chi connectivity index (χ3n) is 6.90. The molecule has 3 amide bonds. The molecule has 0 heterocycles. The fraction of sp³-hybridized carbons (Fsp3) is 0.500. The third kappa shape index (κ3) is 7.73. The van der Waals surface area contributed by atoms with Crippen LogP contribution in [0.2, 0.25) is 0 Å². The minimum atomic E-state index is -0.976. The molecule has 3 atom stereocenters. The van der Waals surface area contributed by atoms with E-state index in [2.05, 4.69) is 10.6 Å². The van der Waals surface area contributed by atoms with E-state index in [1.165, 1.54) is 12.1 Å². The molecule has 2 aromatic rings. The molecule has 3 N–H and O–H groups in total. The second-order valence-corrected chi connectivity index (χ2v) is 11.0. The third-order valence-corrected chi connectivity index (χ3v) is 6.90. The van der Waals surface area contributed by atoms with Gasteiger partial charge in [-0.05, 0) is 69.2 Å². The topological polar surface area (TPSA) is 108 Å². The normalized spacial score (nSPS) is 15.9. The fourth-order valence-electron chi connectivity index (χ4n) is 4.48. The van der Waals surface area contributed by atoms with Crippen LogP contribution in [0.4, 0.5) is 4.79 Å². The van der Waals surface area contributed by atoms with E-state index in [4.69, 9.17) is 4.74 Å². The number of nitrogens with one attached hydrogen (secondary N) is 2. The highest BCUT2D eigenvalue weighted by Gasteiger charge is 2.43. The second kappa shape index (κ2) is 12.8. The maximum atomic E-state index is 14.3. The average molecular weight is 524 g/mol. The number of hydrogen-bond acceptors (Lipinski definition) is 5. The number of carbonyl (C=O) groups excluding carboxylic acids is 3. The molecule has 8 nitrogen and oxygen atoms in total. The first kappa shape index (κ1) is 29.0. The Hall–Kier alpha value is -3.55. The molecule has 38 heavy (non-hydrogen) atoms. The Bertz CT molecular complexity index is 1090. The van der Waals surface area contributed by atoms with Crippen LogP contribution >= 0.6 is 0 Å². The predicted molar refractivity (Wildman–Crippen MR) is 146 cm³/mol. The van der Waals surface area contributed by atoms with Gasteiger partial charge in [0.05, 0.1) is 0 Å². The van der Waals surface area contributed by atoms with Gasteiger partial charge in [0.1, 0.15) is 23.4 Å². The van der Waals surface area contributed by atoms with E-state index in [0.29, 0.717) is 18.5 Å². The van der Waals surface area contributed by atoms with Crippen molar-refractivity contribution in [3.63, 3.8) is 0 Å². The number of aromatic hydroxyl groups is 1. The molecule has 1 fully saturated rings. The van der Waals surface area contributed by atoms with Gasteiger partial charge in [0.25, 0.3) is 0 Å². The zero-order valence-corrected chi connectivity index (χ0v) is 23.1. The van der Waals surface area contributed by atoms with Crippen LogP contribution in [0, 0.1) is 5.92 Å². The maximum Gasteiger partial charge on any atom is 0.408 e. The lowest BCUT2D eigenvalue weighted by atomic mass is 9.86. The van der Waals surface area contributed by atoms with Crippen LogP contribution in [0.15, 0.2) is 54.6 Å². The Kier molecular flexibility index (Phi) is 9.78. The van der Waals surface area contributed by atoms with E-state index >= 15 is 0 Å². The monoisotopic (exact) mass is 523 g/mol. The smallest absolute Gasteiger partial charge is 0.408 e. The summed E-state index contributed by atoms with van der Waals surface area (Å²) in [6.07, 6.45) is 2.42. The highest BCUT2D eigenvalue weighted by atomic mass is 16.6. The van der Waals surface area contributed by atoms with E-state index in [1.54, 1.807) is 37.8 Å². The van der Waals surface area contributed by atoms with Crippen molar-refractivity contribution < 1.29 is 24.2 Å². The van der Waals surface area contributed by atoms with Crippen molar-refractivity contribution in [2.45, 2.75) is 90.6 Å². The molecule has 206 valence electrons. The molecule has 0 aliphatic heterocycles. The van der Waals surface area contributed by atoms with Crippen LogP contribution in [0.3, 0.4) is 0 Å². The van der Waals surface area contributed by atoms with Gasteiger partial charge in [0.15, 0.2) is 0 Å². The molecule has 2 aromatic carbocycles. The predicted octanol–water partition coefficient (Wildman–Crippen LogP) is 5.07. The summed E-state index contributed by atoms with van der Waals surface area (Å²) in [6.45, 7) is 9.45. The number of alkyl carbamates (subject to hydrolysis) is 1. The number of amides is 3. The van der Waals surface area contributed by atoms with Crippen molar-refractivity contribution in [2.24, 2.45) is 5.92 Å². The minimum Gasteiger partial charge on any atom is -0.508 e. The number of carbonyl (C=O) groups is 3. The number of phenolic OH excluding ortho intramolecular Hbond substituents is 1. The van der Waals surface area contributed by atoms with Gasteiger partial charge in [-0.3, -0.25) is 9.59 Å². The number of nitrogens with zero attached hydrogens (tertiary/aromatic N) is 1. The Balaban J connectivity index is 1.98. The highest BCUT2D eigenvalue weighted by Crippen LogP contribution is 2.35. The van der Waals surface area contributed by atoms with Crippen molar-refractivity contribution >= 4 is 17.9 Å². The zero-order valence-electron chi connectivity index (χ0n) is 23.1. The van der Waals surface area contributed by atoms with E-state index < -0.39 is 23.8 Å². The Morgan fingerprint density at radius 2 is 1.76 bits per heavy atom. The summed E-state index contributed by atoms with van der Waals surface area (Å²) in [5, 5.41) is 16.0. The van der Waals surface area contributed by atoms with Gasteiger partial charge in [0.2, 0.25) is 11.8 Å². The summed E-state index contributed by atoms with van der Waals surface area (Å²) in [7, 11) is 0. The molecular weight excluding hydrogens is 482 g/mol. The summed E-state index contributed by atoms with van der Waals surface area (Å²) in [5.41, 5.74) is 0.722. The van der Waals surface area contributed by atoms with Crippen molar-refractivity contribution in [3.8, 4) is 5.75 Å². The summed E-state index contributed by atoms with van der Waals surface area (Å²) in [6, 6.07) is 14.0. The van der Waals surface area contributed by atoms with Gasteiger partial charge in [0, 0.05) is 12.6 Å².